The van der Waals surface area contributed by atoms with Crippen molar-refractivity contribution in [1.29, 1.82) is 0 Å². The summed E-state index contributed by atoms with van der Waals surface area (Å²) in [5.41, 5.74) is 0.517. The standard InChI is InChI=1S/C13H19BrN2O2/c1-13(2,6-4-8-17)9-16-12(18)10-5-3-7-15-11(10)14/h3,5,7,17H,4,6,8-9H2,1-2H3,(H,16,18). The van der Waals surface area contributed by atoms with E-state index in [9.17, 15) is 4.79 Å². The number of hydrogen-bond acceptors (Lipinski definition) is 3. The monoisotopic (exact) mass is 314 g/mol. The molecule has 1 rings (SSSR count). The minimum Gasteiger partial charge on any atom is -0.396 e. The number of carbonyl (C=O) groups excluding carboxylic acids is 1. The van der Waals surface area contributed by atoms with Gasteiger partial charge in [-0.25, -0.2) is 4.98 Å². The average molecular weight is 315 g/mol. The first-order valence-corrected chi connectivity index (χ1v) is 6.75. The van der Waals surface area contributed by atoms with Gasteiger partial charge in [-0.3, -0.25) is 4.79 Å². The Bertz CT molecular complexity index is 408. The van der Waals surface area contributed by atoms with E-state index in [2.05, 4.69) is 40.1 Å². The maximum Gasteiger partial charge on any atom is 0.254 e. The minimum absolute atomic E-state index is 0.0208. The first-order chi connectivity index (χ1) is 8.46. The Hall–Kier alpha value is -0.940. The van der Waals surface area contributed by atoms with E-state index in [-0.39, 0.29) is 17.9 Å². The van der Waals surface area contributed by atoms with Gasteiger partial charge in [-0.15, -0.1) is 0 Å². The number of aliphatic hydroxyl groups excluding tert-OH is 1. The van der Waals surface area contributed by atoms with Crippen LogP contribution in [0.25, 0.3) is 0 Å². The highest BCUT2D eigenvalue weighted by atomic mass is 79.9. The van der Waals surface area contributed by atoms with Gasteiger partial charge < -0.3 is 10.4 Å². The zero-order valence-corrected chi connectivity index (χ0v) is 12.3. The number of rotatable bonds is 6. The van der Waals surface area contributed by atoms with Crippen molar-refractivity contribution in [2.75, 3.05) is 13.2 Å². The largest absolute Gasteiger partial charge is 0.396 e. The second-order valence-corrected chi connectivity index (χ2v) is 5.77. The van der Waals surface area contributed by atoms with Crippen molar-refractivity contribution in [2.45, 2.75) is 26.7 Å². The number of aliphatic hydroxyl groups is 1. The van der Waals surface area contributed by atoms with Crippen LogP contribution in [-0.4, -0.2) is 29.1 Å². The Morgan fingerprint density at radius 3 is 2.89 bits per heavy atom. The molecule has 0 saturated carbocycles. The van der Waals surface area contributed by atoms with Gasteiger partial charge in [0.05, 0.1) is 5.56 Å². The predicted octanol–water partition coefficient (Wildman–Crippen LogP) is 2.37. The molecule has 0 spiro atoms. The lowest BCUT2D eigenvalue weighted by atomic mass is 9.88. The Balaban J connectivity index is 2.54. The Morgan fingerprint density at radius 2 is 2.28 bits per heavy atom. The third-order valence-corrected chi connectivity index (χ3v) is 3.37. The summed E-state index contributed by atoms with van der Waals surface area (Å²) in [4.78, 5) is 16.0. The van der Waals surface area contributed by atoms with Crippen molar-refractivity contribution in [1.82, 2.24) is 10.3 Å². The molecule has 1 aromatic rings. The van der Waals surface area contributed by atoms with Crippen LogP contribution in [0.4, 0.5) is 0 Å². The Labute approximate surface area is 116 Å². The molecule has 0 aliphatic carbocycles. The summed E-state index contributed by atoms with van der Waals surface area (Å²) >= 11 is 3.25. The zero-order chi connectivity index (χ0) is 13.6. The van der Waals surface area contributed by atoms with Gasteiger partial charge in [-0.05, 0) is 46.3 Å². The molecule has 5 heteroatoms. The molecule has 0 atom stereocenters. The van der Waals surface area contributed by atoms with Crippen LogP contribution in [0.3, 0.4) is 0 Å². The lowest BCUT2D eigenvalue weighted by Crippen LogP contribution is -2.34. The van der Waals surface area contributed by atoms with Gasteiger partial charge >= 0.3 is 0 Å². The molecule has 1 amide bonds. The SMILES string of the molecule is CC(C)(CCCO)CNC(=O)c1cccnc1Br. The molecule has 0 unspecified atom stereocenters. The molecule has 0 radical (unpaired) electrons. The molecule has 0 aliphatic rings. The highest BCUT2D eigenvalue weighted by Gasteiger charge is 2.19. The molecule has 2 N–H and O–H groups in total. The summed E-state index contributed by atoms with van der Waals surface area (Å²) < 4.78 is 0.552. The number of carbonyl (C=O) groups is 1. The summed E-state index contributed by atoms with van der Waals surface area (Å²) in [6, 6.07) is 3.46. The van der Waals surface area contributed by atoms with E-state index >= 15 is 0 Å². The van der Waals surface area contributed by atoms with E-state index < -0.39 is 0 Å². The normalized spacial score (nSPS) is 11.3. The van der Waals surface area contributed by atoms with Crippen LogP contribution < -0.4 is 5.32 Å². The van der Waals surface area contributed by atoms with E-state index in [0.29, 0.717) is 16.7 Å². The molecular weight excluding hydrogens is 296 g/mol. The highest BCUT2D eigenvalue weighted by Crippen LogP contribution is 2.21. The molecule has 0 aliphatic heterocycles. The Kier molecular flexibility index (Phi) is 5.75. The third-order valence-electron chi connectivity index (χ3n) is 2.74. The van der Waals surface area contributed by atoms with Crippen LogP contribution in [0.2, 0.25) is 0 Å². The number of halogens is 1. The molecule has 0 bridgehead atoms. The van der Waals surface area contributed by atoms with Crippen molar-refractivity contribution in [3.63, 3.8) is 0 Å². The first-order valence-electron chi connectivity index (χ1n) is 5.96. The van der Waals surface area contributed by atoms with Crippen molar-refractivity contribution >= 4 is 21.8 Å². The molecule has 0 aromatic carbocycles. The van der Waals surface area contributed by atoms with E-state index in [4.69, 9.17) is 5.11 Å². The van der Waals surface area contributed by atoms with Crippen LogP contribution in [-0.2, 0) is 0 Å². The molecule has 1 heterocycles. The number of aromatic nitrogens is 1. The average Bonchev–Trinajstić information content (AvgIpc) is 2.34. The fraction of sp³-hybridized carbons (Fsp3) is 0.538. The van der Waals surface area contributed by atoms with Gasteiger partial charge in [0.1, 0.15) is 4.60 Å². The second kappa shape index (κ2) is 6.85. The fourth-order valence-electron chi connectivity index (χ4n) is 1.62. The maximum absolute atomic E-state index is 12.0. The zero-order valence-electron chi connectivity index (χ0n) is 10.7. The van der Waals surface area contributed by atoms with Crippen molar-refractivity contribution in [2.24, 2.45) is 5.41 Å². The summed E-state index contributed by atoms with van der Waals surface area (Å²) in [6.07, 6.45) is 3.25. The van der Waals surface area contributed by atoms with Gasteiger partial charge in [-0.1, -0.05) is 13.8 Å². The van der Waals surface area contributed by atoms with Gasteiger partial charge in [0.2, 0.25) is 0 Å². The van der Waals surface area contributed by atoms with Gasteiger partial charge in [0.25, 0.3) is 5.91 Å². The molecule has 0 fully saturated rings. The van der Waals surface area contributed by atoms with Gasteiger partial charge in [-0.2, -0.15) is 0 Å². The summed E-state index contributed by atoms with van der Waals surface area (Å²) in [5, 5.41) is 11.7. The van der Waals surface area contributed by atoms with E-state index in [0.717, 1.165) is 12.8 Å². The summed E-state index contributed by atoms with van der Waals surface area (Å²) in [5.74, 6) is -0.132. The van der Waals surface area contributed by atoms with E-state index in [1.54, 1.807) is 18.3 Å². The smallest absolute Gasteiger partial charge is 0.254 e. The van der Waals surface area contributed by atoms with Gasteiger partial charge in [0, 0.05) is 19.3 Å². The lowest BCUT2D eigenvalue weighted by Gasteiger charge is -2.24. The highest BCUT2D eigenvalue weighted by molar-refractivity contribution is 9.10. The van der Waals surface area contributed by atoms with Crippen LogP contribution in [0.15, 0.2) is 22.9 Å². The van der Waals surface area contributed by atoms with E-state index in [1.807, 2.05) is 0 Å². The van der Waals surface area contributed by atoms with Crippen LogP contribution in [0.1, 0.15) is 37.0 Å². The van der Waals surface area contributed by atoms with Crippen molar-refractivity contribution in [3.8, 4) is 0 Å². The predicted molar refractivity (Wildman–Crippen MR) is 74.4 cm³/mol. The molecule has 4 nitrogen and oxygen atoms in total. The molecule has 18 heavy (non-hydrogen) atoms. The minimum atomic E-state index is -0.132. The van der Waals surface area contributed by atoms with Crippen molar-refractivity contribution in [3.05, 3.63) is 28.5 Å². The topological polar surface area (TPSA) is 62.2 Å². The maximum atomic E-state index is 12.0. The molecule has 0 saturated heterocycles. The van der Waals surface area contributed by atoms with Gasteiger partial charge in [0.15, 0.2) is 0 Å². The number of hydrogen-bond donors (Lipinski definition) is 2. The fourth-order valence-corrected chi connectivity index (χ4v) is 2.05. The summed E-state index contributed by atoms with van der Waals surface area (Å²) in [6.45, 7) is 4.90. The number of nitrogens with zero attached hydrogens (tertiary/aromatic N) is 1. The summed E-state index contributed by atoms with van der Waals surface area (Å²) in [7, 11) is 0. The van der Waals surface area contributed by atoms with Crippen LogP contribution >= 0.6 is 15.9 Å². The lowest BCUT2D eigenvalue weighted by molar-refractivity contribution is 0.0931. The quantitative estimate of drug-likeness (QED) is 0.792. The third kappa shape index (κ3) is 4.74. The second-order valence-electron chi connectivity index (χ2n) is 5.02. The number of amides is 1. The van der Waals surface area contributed by atoms with Crippen LogP contribution in [0, 0.1) is 5.41 Å². The Morgan fingerprint density at radius 1 is 1.56 bits per heavy atom. The van der Waals surface area contributed by atoms with Crippen molar-refractivity contribution < 1.29 is 9.90 Å². The molecule has 100 valence electrons. The number of pyridine rings is 1. The van der Waals surface area contributed by atoms with Crippen LogP contribution in [0.5, 0.6) is 0 Å². The molecular formula is C13H19BrN2O2. The first kappa shape index (κ1) is 15.1. The number of nitrogens with one attached hydrogen (secondary N) is 1. The van der Waals surface area contributed by atoms with E-state index in [1.165, 1.54) is 0 Å². The molecule has 1 aromatic heterocycles.